The summed E-state index contributed by atoms with van der Waals surface area (Å²) in [7, 11) is 0. The molecule has 0 saturated carbocycles. The number of aliphatic hydroxyl groups is 1. The van der Waals surface area contributed by atoms with Gasteiger partial charge in [-0.3, -0.25) is 9.59 Å². The maximum Gasteiger partial charge on any atom is 0.333 e. The lowest BCUT2D eigenvalue weighted by Gasteiger charge is -2.41. The van der Waals surface area contributed by atoms with Crippen LogP contribution in [0.15, 0.2) is 42.6 Å². The molecule has 1 amide bonds. The summed E-state index contributed by atoms with van der Waals surface area (Å²) in [5.74, 6) is -3.01. The zero-order chi connectivity index (χ0) is 19.0. The van der Waals surface area contributed by atoms with Crippen molar-refractivity contribution in [2.24, 2.45) is 0 Å². The molecule has 0 fully saturated rings. The van der Waals surface area contributed by atoms with Crippen LogP contribution in [0.1, 0.15) is 51.5 Å². The fraction of sp³-hybridized carbons (Fsp3) is 0.500. The highest BCUT2D eigenvalue weighted by atomic mass is 16.8. The molecule has 0 aromatic heterocycles. The second-order valence-electron chi connectivity index (χ2n) is 6.51. The van der Waals surface area contributed by atoms with Gasteiger partial charge in [-0.15, -0.1) is 0 Å². The van der Waals surface area contributed by atoms with Gasteiger partial charge in [-0.1, -0.05) is 62.6 Å². The van der Waals surface area contributed by atoms with Crippen LogP contribution in [0.25, 0.3) is 0 Å². The summed E-state index contributed by atoms with van der Waals surface area (Å²) in [6, 6.07) is 9.49. The van der Waals surface area contributed by atoms with E-state index in [0.29, 0.717) is 13.1 Å². The zero-order valence-corrected chi connectivity index (χ0v) is 15.6. The summed E-state index contributed by atoms with van der Waals surface area (Å²) in [4.78, 5) is 31.4. The van der Waals surface area contributed by atoms with Crippen molar-refractivity contribution in [3.8, 4) is 0 Å². The van der Waals surface area contributed by atoms with Gasteiger partial charge in [0.25, 0.3) is 0 Å². The van der Waals surface area contributed by atoms with E-state index in [9.17, 15) is 14.7 Å². The molecule has 6 nitrogen and oxygen atoms in total. The smallest absolute Gasteiger partial charge is 0.333 e. The number of allylic oxidation sites excluding steroid dienone is 1. The third-order valence-electron chi connectivity index (χ3n) is 4.34. The molecule has 0 bridgehead atoms. The molecular weight excluding hydrogens is 332 g/mol. The topological polar surface area (TPSA) is 70.1 Å². The molecule has 6 heteroatoms. The van der Waals surface area contributed by atoms with Crippen LogP contribution in [0, 0.1) is 0 Å². The van der Waals surface area contributed by atoms with Gasteiger partial charge in [0.15, 0.2) is 0 Å². The Labute approximate surface area is 155 Å². The zero-order valence-electron chi connectivity index (χ0n) is 15.6. The summed E-state index contributed by atoms with van der Waals surface area (Å²) in [6.07, 6.45) is 7.25. The maximum absolute atomic E-state index is 12.4. The minimum atomic E-state index is -2.18. The highest BCUT2D eigenvalue weighted by molar-refractivity contribution is 5.87. The van der Waals surface area contributed by atoms with Crippen molar-refractivity contribution in [1.29, 1.82) is 0 Å². The van der Waals surface area contributed by atoms with Crippen LogP contribution >= 0.6 is 0 Å². The second-order valence-corrected chi connectivity index (χ2v) is 6.51. The van der Waals surface area contributed by atoms with Gasteiger partial charge in [0.2, 0.25) is 11.7 Å². The summed E-state index contributed by atoms with van der Waals surface area (Å²) in [6.45, 7) is 4.11. The predicted molar refractivity (Wildman–Crippen MR) is 98.3 cm³/mol. The minimum absolute atomic E-state index is 0.0589. The molecular formula is C20H28N2O4. The second kappa shape index (κ2) is 9.50. The van der Waals surface area contributed by atoms with Gasteiger partial charge in [-0.05, 0) is 12.0 Å². The number of Topliss-reactive ketones (excluding diaryl/α,β-unsaturated/α-hetero) is 1. The third-order valence-corrected chi connectivity index (χ3v) is 4.34. The first kappa shape index (κ1) is 20.1. The number of hydrogen-bond acceptors (Lipinski definition) is 5. The molecule has 0 saturated heterocycles. The van der Waals surface area contributed by atoms with E-state index in [4.69, 9.17) is 4.84 Å². The first-order chi connectivity index (χ1) is 12.5. The van der Waals surface area contributed by atoms with Gasteiger partial charge in [-0.25, -0.2) is 9.90 Å². The Balaban J connectivity index is 2.13. The summed E-state index contributed by atoms with van der Waals surface area (Å²) in [5, 5.41) is 12.1. The Morgan fingerprint density at radius 1 is 1.27 bits per heavy atom. The average molecular weight is 360 g/mol. The molecule has 142 valence electrons. The minimum Gasteiger partial charge on any atom is -0.341 e. The molecule has 1 aromatic carbocycles. The standard InChI is InChI=1S/C20H28N2O4/c1-3-4-5-9-15-22(17(2)23)26-20(25)19(24)13-10-14-21(20)16-18-11-7-6-8-12-18/h6-8,10-12,14,25H,3-5,9,13,15-16H2,1-2H3. The van der Waals surface area contributed by atoms with Gasteiger partial charge < -0.3 is 10.0 Å². The van der Waals surface area contributed by atoms with E-state index in [2.05, 4.69) is 6.92 Å². The lowest BCUT2D eigenvalue weighted by Crippen LogP contribution is -2.59. The predicted octanol–water partition coefficient (Wildman–Crippen LogP) is 2.98. The molecule has 26 heavy (non-hydrogen) atoms. The van der Waals surface area contributed by atoms with Crippen LogP contribution in [0.4, 0.5) is 0 Å². The van der Waals surface area contributed by atoms with Crippen molar-refractivity contribution in [3.63, 3.8) is 0 Å². The Morgan fingerprint density at radius 2 is 2.00 bits per heavy atom. The van der Waals surface area contributed by atoms with Crippen molar-refractivity contribution in [2.75, 3.05) is 6.54 Å². The maximum atomic E-state index is 12.4. The first-order valence-electron chi connectivity index (χ1n) is 9.17. The van der Waals surface area contributed by atoms with Gasteiger partial charge in [0.1, 0.15) is 0 Å². The number of ketones is 1. The van der Waals surface area contributed by atoms with Crippen LogP contribution in [-0.2, 0) is 21.0 Å². The lowest BCUT2D eigenvalue weighted by atomic mass is 10.1. The molecule has 1 N–H and O–H groups in total. The Morgan fingerprint density at radius 3 is 2.65 bits per heavy atom. The van der Waals surface area contributed by atoms with Crippen LogP contribution < -0.4 is 0 Å². The SMILES string of the molecule is CCCCCCN(OC1(O)C(=O)CC=CN1Cc1ccccc1)C(C)=O. The van der Waals surface area contributed by atoms with Crippen LogP contribution in [0.3, 0.4) is 0 Å². The van der Waals surface area contributed by atoms with E-state index >= 15 is 0 Å². The van der Waals surface area contributed by atoms with E-state index in [1.165, 1.54) is 11.8 Å². The van der Waals surface area contributed by atoms with Crippen molar-refractivity contribution in [1.82, 2.24) is 9.96 Å². The number of benzene rings is 1. The number of carbonyl (C=O) groups excluding carboxylic acids is 2. The van der Waals surface area contributed by atoms with Crippen molar-refractivity contribution < 1.29 is 19.5 Å². The number of hydrogen-bond donors (Lipinski definition) is 1. The van der Waals surface area contributed by atoms with Gasteiger partial charge in [0.05, 0.1) is 0 Å². The molecule has 1 heterocycles. The fourth-order valence-electron chi connectivity index (χ4n) is 2.83. The number of amides is 1. The lowest BCUT2D eigenvalue weighted by molar-refractivity contribution is -0.347. The Kier molecular flexibility index (Phi) is 7.36. The van der Waals surface area contributed by atoms with E-state index in [1.807, 2.05) is 30.3 Å². The van der Waals surface area contributed by atoms with Crippen molar-refractivity contribution >= 4 is 11.7 Å². The number of carbonyl (C=O) groups is 2. The average Bonchev–Trinajstić information content (AvgIpc) is 2.62. The molecule has 1 aliphatic rings. The Bertz CT molecular complexity index is 632. The molecule has 1 unspecified atom stereocenters. The third kappa shape index (κ3) is 5.16. The summed E-state index contributed by atoms with van der Waals surface area (Å²) >= 11 is 0. The Hall–Kier alpha value is -2.18. The molecule has 0 radical (unpaired) electrons. The number of unbranched alkanes of at least 4 members (excludes halogenated alkanes) is 3. The highest BCUT2D eigenvalue weighted by Crippen LogP contribution is 2.26. The first-order valence-corrected chi connectivity index (χ1v) is 9.17. The molecule has 2 rings (SSSR count). The number of nitrogens with zero attached hydrogens (tertiary/aromatic N) is 2. The summed E-state index contributed by atoms with van der Waals surface area (Å²) < 4.78 is 0. The van der Waals surface area contributed by atoms with E-state index in [0.717, 1.165) is 36.3 Å². The summed E-state index contributed by atoms with van der Waals surface area (Å²) in [5.41, 5.74) is 0.922. The van der Waals surface area contributed by atoms with E-state index < -0.39 is 11.7 Å². The van der Waals surface area contributed by atoms with E-state index in [-0.39, 0.29) is 12.3 Å². The van der Waals surface area contributed by atoms with Crippen LogP contribution in [0.2, 0.25) is 0 Å². The van der Waals surface area contributed by atoms with Crippen LogP contribution in [0.5, 0.6) is 0 Å². The quantitative estimate of drug-likeness (QED) is 0.416. The normalized spacial score (nSPS) is 19.7. The fourth-order valence-corrected chi connectivity index (χ4v) is 2.83. The molecule has 0 aliphatic carbocycles. The molecule has 1 aromatic rings. The molecule has 1 aliphatic heterocycles. The van der Waals surface area contributed by atoms with Crippen molar-refractivity contribution in [3.05, 3.63) is 48.2 Å². The number of hydroxylamine groups is 2. The van der Waals surface area contributed by atoms with Gasteiger partial charge in [-0.2, -0.15) is 0 Å². The van der Waals surface area contributed by atoms with Crippen LogP contribution in [-0.4, -0.2) is 39.2 Å². The monoisotopic (exact) mass is 360 g/mol. The molecule has 1 atom stereocenters. The molecule has 0 spiro atoms. The van der Waals surface area contributed by atoms with Gasteiger partial charge in [0, 0.05) is 32.6 Å². The van der Waals surface area contributed by atoms with Crippen molar-refractivity contribution in [2.45, 2.75) is 58.4 Å². The highest BCUT2D eigenvalue weighted by Gasteiger charge is 2.46. The van der Waals surface area contributed by atoms with Gasteiger partial charge >= 0.3 is 5.91 Å². The largest absolute Gasteiger partial charge is 0.341 e. The number of rotatable bonds is 9. The van der Waals surface area contributed by atoms with E-state index in [1.54, 1.807) is 12.3 Å².